The number of phenols is 1. The van der Waals surface area contributed by atoms with Crippen LogP contribution in [0.25, 0.3) is 5.57 Å². The highest BCUT2D eigenvalue weighted by atomic mass is 16.5. The fourth-order valence-corrected chi connectivity index (χ4v) is 2.60. The number of aromatic hydroxyl groups is 1. The van der Waals surface area contributed by atoms with Gasteiger partial charge in [-0.25, -0.2) is 4.79 Å². The van der Waals surface area contributed by atoms with Gasteiger partial charge < -0.3 is 20.7 Å². The highest BCUT2D eigenvalue weighted by Gasteiger charge is 2.08. The molecule has 0 aromatic heterocycles. The molecule has 2 aromatic carbocycles. The molecule has 28 heavy (non-hydrogen) atoms. The zero-order chi connectivity index (χ0) is 20.5. The summed E-state index contributed by atoms with van der Waals surface area (Å²) in [5.74, 6) is -0.329. The number of nitrogens with two attached hydrogens (primary N) is 1. The smallest absolute Gasteiger partial charge is 0.335 e. The van der Waals surface area contributed by atoms with E-state index >= 15 is 0 Å². The maximum Gasteiger partial charge on any atom is 0.335 e. The van der Waals surface area contributed by atoms with Gasteiger partial charge in [-0.2, -0.15) is 0 Å². The van der Waals surface area contributed by atoms with Gasteiger partial charge in [-0.1, -0.05) is 49.9 Å². The van der Waals surface area contributed by atoms with Gasteiger partial charge in [0.1, 0.15) is 11.5 Å². The van der Waals surface area contributed by atoms with E-state index < -0.39 is 5.97 Å². The van der Waals surface area contributed by atoms with E-state index in [9.17, 15) is 9.90 Å². The lowest BCUT2D eigenvalue weighted by molar-refractivity contribution is 0.0697. The predicted molar refractivity (Wildman–Crippen MR) is 111 cm³/mol. The second-order valence-corrected chi connectivity index (χ2v) is 6.22. The van der Waals surface area contributed by atoms with Crippen molar-refractivity contribution in [2.24, 2.45) is 5.73 Å². The van der Waals surface area contributed by atoms with Gasteiger partial charge in [0.2, 0.25) is 0 Å². The third-order valence-electron chi connectivity index (χ3n) is 4.11. The summed E-state index contributed by atoms with van der Waals surface area (Å²) in [6.45, 7) is 6.35. The third-order valence-corrected chi connectivity index (χ3v) is 4.11. The number of phenolic OH excluding ortho intramolecular Hbond substituents is 1. The topological polar surface area (TPSA) is 92.8 Å². The molecule has 2 rings (SSSR count). The summed E-state index contributed by atoms with van der Waals surface area (Å²) in [6.07, 6.45) is 4.92. The Bertz CT molecular complexity index is 895. The van der Waals surface area contributed by atoms with E-state index in [1.165, 1.54) is 0 Å². The molecule has 4 N–H and O–H groups in total. The van der Waals surface area contributed by atoms with Crippen molar-refractivity contribution in [3.05, 3.63) is 95.4 Å². The number of para-hydroxylation sites is 1. The molecule has 0 amide bonds. The minimum absolute atomic E-state index is 0.139. The number of benzene rings is 2. The normalized spacial score (nSPS) is 11.9. The number of carboxylic acid groups (broad SMARTS) is 1. The number of hydrogen-bond donors (Lipinski definition) is 3. The molecule has 0 saturated carbocycles. The molecule has 0 fully saturated rings. The third kappa shape index (κ3) is 5.77. The summed E-state index contributed by atoms with van der Waals surface area (Å²) in [6, 6.07) is 13.6. The van der Waals surface area contributed by atoms with Crippen LogP contribution in [0, 0.1) is 0 Å². The molecule has 5 nitrogen and oxygen atoms in total. The Labute approximate surface area is 165 Å². The Hall–Kier alpha value is -3.47. The lowest BCUT2D eigenvalue weighted by atomic mass is 10.0. The molecule has 0 heterocycles. The van der Waals surface area contributed by atoms with Crippen molar-refractivity contribution >= 4 is 11.5 Å². The first-order valence-corrected chi connectivity index (χ1v) is 9.02. The average molecular weight is 379 g/mol. The van der Waals surface area contributed by atoms with Gasteiger partial charge in [0.15, 0.2) is 0 Å². The van der Waals surface area contributed by atoms with Gasteiger partial charge in [-0.05, 0) is 41.8 Å². The molecule has 0 bridgehead atoms. The maximum atomic E-state index is 10.9. The van der Waals surface area contributed by atoms with Crippen LogP contribution >= 0.6 is 0 Å². The summed E-state index contributed by atoms with van der Waals surface area (Å²) in [4.78, 5) is 10.9. The van der Waals surface area contributed by atoms with Gasteiger partial charge in [0.05, 0.1) is 17.9 Å². The molecule has 5 heteroatoms. The number of aromatic carboxylic acids is 1. The van der Waals surface area contributed by atoms with E-state index in [-0.39, 0.29) is 11.3 Å². The van der Waals surface area contributed by atoms with Crippen molar-refractivity contribution in [2.75, 3.05) is 6.61 Å². The van der Waals surface area contributed by atoms with Crippen LogP contribution in [0.1, 0.15) is 34.8 Å². The first-order valence-electron chi connectivity index (χ1n) is 9.02. The van der Waals surface area contributed by atoms with E-state index in [0.717, 1.165) is 12.0 Å². The largest absolute Gasteiger partial charge is 0.507 e. The van der Waals surface area contributed by atoms with Gasteiger partial charge in [-0.3, -0.25) is 0 Å². The van der Waals surface area contributed by atoms with E-state index in [2.05, 4.69) is 6.58 Å². The molecule has 0 spiro atoms. The lowest BCUT2D eigenvalue weighted by Gasteiger charge is -2.13. The molecule has 0 saturated heterocycles. The van der Waals surface area contributed by atoms with Crippen LogP contribution in [0.4, 0.5) is 0 Å². The SMILES string of the molecule is C=C(/C=C(OCCc1ccc(C(=O)O)cc1)\C(N)=C\CC)c1ccccc1O. The Morgan fingerprint density at radius 2 is 1.86 bits per heavy atom. The van der Waals surface area contributed by atoms with Crippen LogP contribution < -0.4 is 5.73 Å². The van der Waals surface area contributed by atoms with Crippen LogP contribution in [0.15, 0.2) is 78.7 Å². The summed E-state index contributed by atoms with van der Waals surface area (Å²) in [5.41, 5.74) is 9.03. The monoisotopic (exact) mass is 379 g/mol. The summed E-state index contributed by atoms with van der Waals surface area (Å²) in [7, 11) is 0. The molecule has 0 unspecified atom stereocenters. The second kappa shape index (κ2) is 10.0. The number of carbonyl (C=O) groups is 1. The second-order valence-electron chi connectivity index (χ2n) is 6.22. The fourth-order valence-electron chi connectivity index (χ4n) is 2.60. The molecule has 0 aliphatic rings. The van der Waals surface area contributed by atoms with Gasteiger partial charge >= 0.3 is 5.97 Å². The highest BCUT2D eigenvalue weighted by molar-refractivity contribution is 5.87. The standard InChI is InChI=1S/C23H25NO4/c1-3-6-20(24)22(15-16(2)19-7-4-5-8-21(19)25)28-14-13-17-9-11-18(12-10-17)23(26)27/h4-12,15,25H,2-3,13-14,24H2,1H3,(H,26,27)/b20-6-,22-15+. The number of allylic oxidation sites excluding steroid dienone is 3. The zero-order valence-electron chi connectivity index (χ0n) is 15.9. The van der Waals surface area contributed by atoms with Crippen LogP contribution in [0.3, 0.4) is 0 Å². The maximum absolute atomic E-state index is 10.9. The zero-order valence-corrected chi connectivity index (χ0v) is 15.9. The summed E-state index contributed by atoms with van der Waals surface area (Å²) >= 11 is 0. The number of ether oxygens (including phenoxy) is 1. The highest BCUT2D eigenvalue weighted by Crippen LogP contribution is 2.26. The average Bonchev–Trinajstić information content (AvgIpc) is 2.68. The molecule has 146 valence electrons. The minimum Gasteiger partial charge on any atom is -0.507 e. The molecule has 0 atom stereocenters. The van der Waals surface area contributed by atoms with Crippen molar-refractivity contribution in [1.29, 1.82) is 0 Å². The summed E-state index contributed by atoms with van der Waals surface area (Å²) < 4.78 is 5.88. The summed E-state index contributed by atoms with van der Waals surface area (Å²) in [5, 5.41) is 19.0. The van der Waals surface area contributed by atoms with Crippen molar-refractivity contribution < 1.29 is 19.7 Å². The Kier molecular flexibility index (Phi) is 7.45. The van der Waals surface area contributed by atoms with Crippen LogP contribution in [0.2, 0.25) is 0 Å². The van der Waals surface area contributed by atoms with Crippen molar-refractivity contribution in [2.45, 2.75) is 19.8 Å². The van der Waals surface area contributed by atoms with Crippen LogP contribution in [-0.2, 0) is 11.2 Å². The fraction of sp³-hybridized carbons (Fsp3) is 0.174. The van der Waals surface area contributed by atoms with E-state index in [1.54, 1.807) is 48.5 Å². The number of carboxylic acids is 1. The van der Waals surface area contributed by atoms with Crippen molar-refractivity contribution in [3.63, 3.8) is 0 Å². The predicted octanol–water partition coefficient (Wildman–Crippen LogP) is 4.50. The molecule has 0 aliphatic carbocycles. The Balaban J connectivity index is 2.11. The van der Waals surface area contributed by atoms with Gasteiger partial charge in [-0.15, -0.1) is 0 Å². The molecular formula is C23H25NO4. The van der Waals surface area contributed by atoms with E-state index in [0.29, 0.717) is 35.6 Å². The lowest BCUT2D eigenvalue weighted by Crippen LogP contribution is -2.08. The van der Waals surface area contributed by atoms with Crippen LogP contribution in [0.5, 0.6) is 5.75 Å². The number of rotatable bonds is 9. The molecule has 2 aromatic rings. The first-order chi connectivity index (χ1) is 13.4. The van der Waals surface area contributed by atoms with Crippen LogP contribution in [-0.4, -0.2) is 22.8 Å². The molecular weight excluding hydrogens is 354 g/mol. The van der Waals surface area contributed by atoms with Gasteiger partial charge in [0.25, 0.3) is 0 Å². The van der Waals surface area contributed by atoms with Gasteiger partial charge in [0, 0.05) is 12.0 Å². The quantitative estimate of drug-likeness (QED) is 0.441. The number of hydrogen-bond acceptors (Lipinski definition) is 4. The molecule has 0 aliphatic heterocycles. The van der Waals surface area contributed by atoms with Crippen molar-refractivity contribution in [3.8, 4) is 5.75 Å². The van der Waals surface area contributed by atoms with E-state index in [1.807, 2.05) is 19.1 Å². The Morgan fingerprint density at radius 1 is 1.18 bits per heavy atom. The van der Waals surface area contributed by atoms with E-state index in [4.69, 9.17) is 15.6 Å². The Morgan fingerprint density at radius 3 is 2.46 bits per heavy atom. The first kappa shape index (κ1) is 20.8. The molecule has 0 radical (unpaired) electrons. The van der Waals surface area contributed by atoms with Crippen molar-refractivity contribution in [1.82, 2.24) is 0 Å². The minimum atomic E-state index is -0.951.